The zero-order chi connectivity index (χ0) is 23.5. The van der Waals surface area contributed by atoms with E-state index in [1.807, 2.05) is 6.07 Å². The molecule has 0 aliphatic heterocycles. The van der Waals surface area contributed by atoms with Crippen LogP contribution in [0.3, 0.4) is 0 Å². The van der Waals surface area contributed by atoms with Crippen molar-refractivity contribution in [2.75, 3.05) is 0 Å². The first-order valence-electron chi connectivity index (χ1n) is 12.0. The molecular formula is C31H42IrN2Y-2. The molecule has 0 spiro atoms. The molecule has 4 rings (SSSR count). The van der Waals surface area contributed by atoms with Gasteiger partial charge in [0.2, 0.25) is 0 Å². The summed E-state index contributed by atoms with van der Waals surface area (Å²) in [4.78, 5) is 5.09. The third-order valence-electron chi connectivity index (χ3n) is 5.86. The Balaban J connectivity index is 0.00000204. The minimum absolute atomic E-state index is 0. The summed E-state index contributed by atoms with van der Waals surface area (Å²) < 4.78 is 2.32. The minimum atomic E-state index is 0. The van der Waals surface area contributed by atoms with Gasteiger partial charge in [0.15, 0.2) is 0 Å². The quantitative estimate of drug-likeness (QED) is 0.153. The number of nitrogens with zero attached hydrogens (tertiary/aromatic N) is 2. The van der Waals surface area contributed by atoms with Crippen LogP contribution in [0.15, 0.2) is 36.5 Å². The molecule has 0 atom stereocenters. The molecule has 4 aromatic rings. The van der Waals surface area contributed by atoms with Crippen LogP contribution >= 0.6 is 0 Å². The van der Waals surface area contributed by atoms with Gasteiger partial charge in [0, 0.05) is 70.2 Å². The van der Waals surface area contributed by atoms with Gasteiger partial charge in [0.25, 0.3) is 0 Å². The second kappa shape index (κ2) is 11.4. The molecule has 0 saturated heterocycles. The van der Waals surface area contributed by atoms with Gasteiger partial charge in [-0.25, -0.2) is 0 Å². The molecule has 0 aliphatic carbocycles. The first-order valence-corrected chi connectivity index (χ1v) is 12.0. The van der Waals surface area contributed by atoms with Crippen LogP contribution in [-0.4, -0.2) is 9.38 Å². The van der Waals surface area contributed by atoms with Gasteiger partial charge in [-0.05, 0) is 58.1 Å². The Morgan fingerprint density at radius 3 is 1.89 bits per heavy atom. The van der Waals surface area contributed by atoms with Crippen molar-refractivity contribution in [1.82, 2.24) is 9.38 Å². The summed E-state index contributed by atoms with van der Waals surface area (Å²) >= 11 is 0. The average Bonchev–Trinajstić information content (AvgIpc) is 3.02. The number of aromatic nitrogens is 2. The average molecular weight is 724 g/mol. The van der Waals surface area contributed by atoms with Crippen LogP contribution in [0.1, 0.15) is 79.1 Å². The molecule has 0 saturated carbocycles. The number of hydrogen-bond acceptors (Lipinski definition) is 1. The number of fused-ring (bicyclic) bond motifs is 6. The zero-order valence-corrected chi connectivity index (χ0v) is 28.6. The minimum Gasteiger partial charge on any atom is -0.358 e. The fraction of sp³-hybridized carbons (Fsp3) is 0.484. The van der Waals surface area contributed by atoms with E-state index in [0.717, 1.165) is 36.0 Å². The zero-order valence-electron chi connectivity index (χ0n) is 23.4. The van der Waals surface area contributed by atoms with E-state index in [-0.39, 0.29) is 76.5 Å². The topological polar surface area (TPSA) is 17.3 Å². The van der Waals surface area contributed by atoms with Gasteiger partial charge in [-0.1, -0.05) is 73.8 Å². The van der Waals surface area contributed by atoms with Crippen LogP contribution in [0.4, 0.5) is 0 Å². The van der Waals surface area contributed by atoms with Gasteiger partial charge in [-0.3, -0.25) is 4.98 Å². The predicted octanol–water partition coefficient (Wildman–Crippen LogP) is 8.65. The third-order valence-corrected chi connectivity index (χ3v) is 5.86. The molecule has 0 aliphatic rings. The van der Waals surface area contributed by atoms with Gasteiger partial charge in [0.05, 0.1) is 5.65 Å². The maximum atomic E-state index is 5.09. The summed E-state index contributed by atoms with van der Waals surface area (Å²) in [6.07, 6.45) is 5.36. The van der Waals surface area contributed by atoms with Gasteiger partial charge in [0.1, 0.15) is 0 Å². The smallest absolute Gasteiger partial charge is 0.0612 e. The summed E-state index contributed by atoms with van der Waals surface area (Å²) in [5.74, 6) is 0. The molecule has 2 radical (unpaired) electrons. The summed E-state index contributed by atoms with van der Waals surface area (Å²) in [7, 11) is 0. The van der Waals surface area contributed by atoms with Crippen LogP contribution in [0.25, 0.3) is 27.3 Å². The number of pyridine rings is 1. The fourth-order valence-corrected chi connectivity index (χ4v) is 4.83. The standard InChI is InChI=1S/C30H39N2.CH3.Ir.Y/c1-28(2,3)16-20-14-25-23-12-10-11-13-24(23)27-31-22(18-30(7,8)9)19-32(27)26(25)15-21(20)17-29(4,5)6;;;/h10-12,14-15,19H,16-18H2,1-9H3;1H3;;/q2*-1;;. The molecule has 2 aromatic carbocycles. The van der Waals surface area contributed by atoms with Crippen molar-refractivity contribution < 1.29 is 52.8 Å². The molecule has 0 bridgehead atoms. The first kappa shape index (κ1) is 32.4. The molecule has 0 fully saturated rings. The molecule has 2 nitrogen and oxygen atoms in total. The number of benzene rings is 2. The maximum absolute atomic E-state index is 5.09. The molecule has 4 heteroatoms. The van der Waals surface area contributed by atoms with E-state index in [2.05, 4.69) is 103 Å². The molecule has 0 N–H and O–H groups in total. The molecule has 2 aromatic heterocycles. The number of imidazole rings is 1. The van der Waals surface area contributed by atoms with Crippen LogP contribution in [0.2, 0.25) is 0 Å². The summed E-state index contributed by atoms with van der Waals surface area (Å²) in [5.41, 5.74) is 7.04. The van der Waals surface area contributed by atoms with Crippen LogP contribution in [0.5, 0.6) is 0 Å². The Kier molecular flexibility index (Phi) is 10.6. The normalized spacial score (nSPS) is 12.4. The van der Waals surface area contributed by atoms with Gasteiger partial charge < -0.3 is 11.8 Å². The Hall–Kier alpha value is -0.597. The van der Waals surface area contributed by atoms with E-state index in [4.69, 9.17) is 4.98 Å². The number of rotatable bonds is 3. The van der Waals surface area contributed by atoms with Crippen LogP contribution < -0.4 is 0 Å². The van der Waals surface area contributed by atoms with Crippen molar-refractivity contribution in [3.8, 4) is 0 Å². The Morgan fingerprint density at radius 2 is 1.34 bits per heavy atom. The van der Waals surface area contributed by atoms with Crippen LogP contribution in [0, 0.1) is 29.7 Å². The SMILES string of the molecule is CC(C)(C)Cc1cn2c3cc(CC(C)(C)C)c(CC(C)(C)C)cc3c3ccc[c-]c3c2n1.[CH3-].[Ir].[Y]. The van der Waals surface area contributed by atoms with E-state index in [9.17, 15) is 0 Å². The van der Waals surface area contributed by atoms with Crippen molar-refractivity contribution >= 4 is 27.3 Å². The molecule has 0 amide bonds. The summed E-state index contributed by atoms with van der Waals surface area (Å²) in [5, 5.41) is 3.67. The van der Waals surface area contributed by atoms with E-state index < -0.39 is 0 Å². The largest absolute Gasteiger partial charge is 0.358 e. The van der Waals surface area contributed by atoms with Crippen molar-refractivity contribution in [2.45, 2.75) is 81.6 Å². The second-order valence-electron chi connectivity index (χ2n) is 13.2. The van der Waals surface area contributed by atoms with Gasteiger partial charge in [-0.2, -0.15) is 0 Å². The molecule has 0 unspecified atom stereocenters. The Labute approximate surface area is 252 Å². The van der Waals surface area contributed by atoms with Crippen LogP contribution in [-0.2, 0) is 72.1 Å². The van der Waals surface area contributed by atoms with E-state index >= 15 is 0 Å². The van der Waals surface area contributed by atoms with Crippen molar-refractivity contribution in [2.24, 2.45) is 16.2 Å². The number of hydrogen-bond donors (Lipinski definition) is 0. The summed E-state index contributed by atoms with van der Waals surface area (Å²) in [6.45, 7) is 20.8. The molecule has 35 heavy (non-hydrogen) atoms. The van der Waals surface area contributed by atoms with Crippen molar-refractivity contribution in [3.63, 3.8) is 0 Å². The molecule has 2 heterocycles. The van der Waals surface area contributed by atoms with E-state index in [0.29, 0.717) is 0 Å². The molecule has 190 valence electrons. The Morgan fingerprint density at radius 1 is 0.800 bits per heavy atom. The van der Waals surface area contributed by atoms with Gasteiger partial charge >= 0.3 is 0 Å². The molecular weight excluding hydrogens is 681 g/mol. The fourth-order valence-electron chi connectivity index (χ4n) is 4.83. The predicted molar refractivity (Wildman–Crippen MR) is 145 cm³/mol. The van der Waals surface area contributed by atoms with E-state index in [1.54, 1.807) is 0 Å². The van der Waals surface area contributed by atoms with Crippen molar-refractivity contribution in [3.05, 3.63) is 66.8 Å². The third kappa shape index (κ3) is 7.70. The first-order chi connectivity index (χ1) is 14.7. The maximum Gasteiger partial charge on any atom is 0.0612 e. The van der Waals surface area contributed by atoms with Gasteiger partial charge in [-0.15, -0.1) is 29.7 Å². The van der Waals surface area contributed by atoms with Crippen molar-refractivity contribution in [1.29, 1.82) is 0 Å². The van der Waals surface area contributed by atoms with E-state index in [1.165, 1.54) is 27.4 Å². The monoisotopic (exact) mass is 724 g/mol. The summed E-state index contributed by atoms with van der Waals surface area (Å²) in [6, 6.07) is 14.8. The Bertz CT molecular complexity index is 1300. The second-order valence-corrected chi connectivity index (χ2v) is 13.2.